The van der Waals surface area contributed by atoms with E-state index in [1.807, 2.05) is 0 Å². The molecule has 0 bridgehead atoms. The van der Waals surface area contributed by atoms with Crippen LogP contribution >= 0.6 is 0 Å². The van der Waals surface area contributed by atoms with Crippen LogP contribution in [0, 0.1) is 0 Å². The molecular weight excluding hydrogens is 645 g/mol. The Hall–Kier alpha value is -3.16. The summed E-state index contributed by atoms with van der Waals surface area (Å²) >= 11 is 0. The summed E-state index contributed by atoms with van der Waals surface area (Å²) in [4.78, 5) is 34.5. The third kappa shape index (κ3) is 15.1. The summed E-state index contributed by atoms with van der Waals surface area (Å²) in [6.07, 6.45) is 36.9. The van der Waals surface area contributed by atoms with Gasteiger partial charge in [-0.15, -0.1) is 0 Å². The van der Waals surface area contributed by atoms with Gasteiger partial charge in [-0.1, -0.05) is 143 Å². The van der Waals surface area contributed by atoms with Crippen molar-refractivity contribution in [1.82, 2.24) is 9.97 Å². The molecule has 0 saturated heterocycles. The summed E-state index contributed by atoms with van der Waals surface area (Å²) < 4.78 is 2.35. The lowest BCUT2D eigenvalue weighted by atomic mass is 9.85. The van der Waals surface area contributed by atoms with E-state index in [1.165, 1.54) is 128 Å². The summed E-state index contributed by atoms with van der Waals surface area (Å²) in [5.41, 5.74) is 1.24. The van der Waals surface area contributed by atoms with Crippen molar-refractivity contribution >= 4 is 35.4 Å². The third-order valence-electron chi connectivity index (χ3n) is 10.5. The Labute approximate surface area is 317 Å². The van der Waals surface area contributed by atoms with Crippen molar-refractivity contribution in [3.05, 3.63) is 35.1 Å². The van der Waals surface area contributed by atoms with Gasteiger partial charge in [0.2, 0.25) is 5.78 Å². The molecule has 0 radical (unpaired) electrons. The first-order valence-corrected chi connectivity index (χ1v) is 21.6. The van der Waals surface area contributed by atoms with Gasteiger partial charge in [0.05, 0.1) is 42.3 Å². The maximum Gasteiger partial charge on any atom is 0.336 e. The van der Waals surface area contributed by atoms with E-state index in [0.29, 0.717) is 11.4 Å². The van der Waals surface area contributed by atoms with Crippen molar-refractivity contribution in [2.45, 2.75) is 182 Å². The third-order valence-corrected chi connectivity index (χ3v) is 10.5. The molecule has 3 rings (SSSR count). The lowest BCUT2D eigenvalue weighted by molar-refractivity contribution is -0.528. The first kappa shape index (κ1) is 43.2. The Kier molecular flexibility index (Phi) is 22.1. The van der Waals surface area contributed by atoms with Crippen molar-refractivity contribution < 1.29 is 14.5 Å². The maximum atomic E-state index is 13.4. The van der Waals surface area contributed by atoms with Gasteiger partial charge < -0.3 is 10.0 Å². The summed E-state index contributed by atoms with van der Waals surface area (Å²) in [5.74, 6) is 1.36. The Balaban J connectivity index is 1.67. The molecule has 1 aromatic heterocycles. The van der Waals surface area contributed by atoms with Crippen LogP contribution in [-0.2, 0) is 4.79 Å². The van der Waals surface area contributed by atoms with Gasteiger partial charge in [-0.3, -0.25) is 14.4 Å². The Morgan fingerprint density at radius 1 is 0.558 bits per heavy atom. The second-order valence-electron chi connectivity index (χ2n) is 15.0. The van der Waals surface area contributed by atoms with Gasteiger partial charge in [-0.05, 0) is 43.5 Å². The van der Waals surface area contributed by atoms with Crippen molar-refractivity contribution in [3.8, 4) is 0 Å². The molecule has 52 heavy (non-hydrogen) atoms. The predicted molar refractivity (Wildman–Crippen MR) is 221 cm³/mol. The number of aromatic nitrogens is 2. The van der Waals surface area contributed by atoms with Crippen molar-refractivity contribution in [1.29, 1.82) is 0 Å². The normalized spacial score (nSPS) is 15.5. The fourth-order valence-electron chi connectivity index (χ4n) is 7.12. The van der Waals surface area contributed by atoms with Gasteiger partial charge in [0, 0.05) is 13.1 Å². The number of aliphatic hydroxyl groups is 1. The van der Waals surface area contributed by atoms with E-state index in [9.17, 15) is 9.90 Å². The van der Waals surface area contributed by atoms with Crippen molar-refractivity contribution in [2.75, 3.05) is 31.1 Å². The number of aliphatic imine (C=N–C) groups is 2. The highest BCUT2D eigenvalue weighted by Gasteiger charge is 2.39. The molecule has 2 aliphatic rings. The highest BCUT2D eigenvalue weighted by molar-refractivity contribution is 6.40. The van der Waals surface area contributed by atoms with Gasteiger partial charge in [-0.2, -0.15) is 0 Å². The number of anilines is 1. The van der Waals surface area contributed by atoms with Crippen molar-refractivity contribution in [3.63, 3.8) is 0 Å². The van der Waals surface area contributed by atoms with Crippen molar-refractivity contribution in [2.24, 2.45) is 9.98 Å². The minimum absolute atomic E-state index is 0.0684. The van der Waals surface area contributed by atoms with Crippen LogP contribution in [0.3, 0.4) is 0 Å². The Morgan fingerprint density at radius 3 is 1.46 bits per heavy atom. The quantitative estimate of drug-likeness (QED) is 0.0486. The van der Waals surface area contributed by atoms with E-state index in [4.69, 9.17) is 9.98 Å². The molecule has 0 unspecified atom stereocenters. The number of hydrogen-bond acceptors (Lipinski definition) is 6. The first-order chi connectivity index (χ1) is 25.5. The maximum absolute atomic E-state index is 13.4. The van der Waals surface area contributed by atoms with Gasteiger partial charge >= 0.3 is 5.84 Å². The van der Waals surface area contributed by atoms with Crippen LogP contribution in [0.5, 0.6) is 0 Å². The molecule has 0 aromatic carbocycles. The average molecular weight is 718 g/mol. The molecule has 8 heteroatoms. The summed E-state index contributed by atoms with van der Waals surface area (Å²) in [7, 11) is 0. The number of nitrogens with zero attached hydrogens (tertiary/aromatic N) is 6. The van der Waals surface area contributed by atoms with E-state index >= 15 is 0 Å². The predicted octanol–water partition coefficient (Wildman–Crippen LogP) is 11.4. The van der Waals surface area contributed by atoms with Crippen LogP contribution in [0.1, 0.15) is 187 Å². The molecule has 1 aliphatic carbocycles. The molecular formula is C44H73N6O2+. The Morgan fingerprint density at radius 2 is 1.04 bits per heavy atom. The van der Waals surface area contributed by atoms with Gasteiger partial charge in [0.25, 0.3) is 0 Å². The number of Topliss-reactive ketones (excluding diaryl/α,β-unsaturated/α-hetero) is 1. The molecule has 0 fully saturated rings. The zero-order chi connectivity index (χ0) is 37.2. The lowest BCUT2D eigenvalue weighted by Crippen LogP contribution is -2.28. The number of aliphatic hydroxyl groups excluding tert-OH is 1. The molecule has 0 amide bonds. The molecule has 0 spiro atoms. The lowest BCUT2D eigenvalue weighted by Gasteiger charge is -2.25. The van der Waals surface area contributed by atoms with Gasteiger partial charge in [0.1, 0.15) is 23.5 Å². The largest absolute Gasteiger partial charge is 0.506 e. The number of allylic oxidation sites excluding steroid dienone is 3. The highest BCUT2D eigenvalue weighted by Crippen LogP contribution is 2.37. The molecule has 0 atom stereocenters. The van der Waals surface area contributed by atoms with E-state index < -0.39 is 0 Å². The topological polar surface area (TPSA) is 94.0 Å². The fourth-order valence-corrected chi connectivity index (χ4v) is 7.12. The molecule has 290 valence electrons. The van der Waals surface area contributed by atoms with Crippen LogP contribution in [-0.4, -0.2) is 69.9 Å². The van der Waals surface area contributed by atoms with E-state index in [-0.39, 0.29) is 22.7 Å². The monoisotopic (exact) mass is 718 g/mol. The van der Waals surface area contributed by atoms with Gasteiger partial charge in [0.15, 0.2) is 6.21 Å². The average Bonchev–Trinajstić information content (AvgIpc) is 3.16. The summed E-state index contributed by atoms with van der Waals surface area (Å²) in [6, 6.07) is 0. The van der Waals surface area contributed by atoms with Crippen LogP contribution < -0.4 is 4.90 Å². The number of amidine groups is 1. The summed E-state index contributed by atoms with van der Waals surface area (Å²) in [6.45, 7) is 12.9. The number of hydrogen-bond donors (Lipinski definition) is 1. The zero-order valence-corrected chi connectivity index (χ0v) is 33.6. The zero-order valence-electron chi connectivity index (χ0n) is 33.6. The molecule has 2 heterocycles. The molecule has 1 aromatic rings. The van der Waals surface area contributed by atoms with Gasteiger partial charge in [-0.25, -0.2) is 9.98 Å². The van der Waals surface area contributed by atoms with E-state index in [2.05, 4.69) is 47.1 Å². The van der Waals surface area contributed by atoms with Crippen LogP contribution in [0.2, 0.25) is 0 Å². The number of carbonyl (C=O) groups excluding carboxylic acids is 1. The van der Waals surface area contributed by atoms with E-state index in [0.717, 1.165) is 63.5 Å². The number of rotatable bonds is 30. The number of carbonyl (C=O) groups is 1. The minimum atomic E-state index is -0.256. The number of unbranched alkanes of at least 4 members (excludes halogenated alkanes) is 20. The fraction of sp³-hybridized carbons (Fsp3) is 0.727. The van der Waals surface area contributed by atoms with E-state index in [1.54, 1.807) is 24.8 Å². The molecule has 8 nitrogen and oxygen atoms in total. The molecule has 0 saturated carbocycles. The minimum Gasteiger partial charge on any atom is -0.506 e. The molecule has 1 N–H and O–H groups in total. The summed E-state index contributed by atoms with van der Waals surface area (Å²) in [5, 5.41) is 11.1. The standard InChI is InChI=1S/C44H72N6O2/c1-5-9-13-17-21-25-29-49(30-26-22-18-14-10-6-2)39-35-45-37(33-47-39)41-43(51)42(44(41)52)38-34-48-40(36-46-38)50(31-27-23-19-15-11-7-3)32-28-24-20-16-12-8-4/h33-36H,5-32H2,1-4H3/p+1. The first-order valence-electron chi connectivity index (χ1n) is 21.6. The van der Waals surface area contributed by atoms with Crippen LogP contribution in [0.25, 0.3) is 5.57 Å². The molecule has 1 aliphatic heterocycles. The van der Waals surface area contributed by atoms with Crippen LogP contribution in [0.15, 0.2) is 39.4 Å². The highest BCUT2D eigenvalue weighted by atomic mass is 16.3. The number of ketones is 1. The smallest absolute Gasteiger partial charge is 0.336 e. The Bertz CT molecular complexity index is 1270. The van der Waals surface area contributed by atoms with Crippen LogP contribution in [0.4, 0.5) is 5.82 Å². The SMILES string of the molecule is CCCCCCCCN(CCCCCCCC)c1cnc(C2=C(O)/C(=C3\C=NC(=[N+](CCCCCCCC)CCCCCCCC)C=N3)C2=O)cn1. The second kappa shape index (κ2) is 26.6. The second-order valence-corrected chi connectivity index (χ2v) is 15.0.